The summed E-state index contributed by atoms with van der Waals surface area (Å²) in [6.45, 7) is 3.03. The molecule has 0 radical (unpaired) electrons. The summed E-state index contributed by atoms with van der Waals surface area (Å²) in [5, 5.41) is 0. The highest BCUT2D eigenvalue weighted by Gasteiger charge is 2.06. The van der Waals surface area contributed by atoms with E-state index in [4.69, 9.17) is 15.2 Å². The predicted molar refractivity (Wildman–Crippen MR) is 76.8 cm³/mol. The van der Waals surface area contributed by atoms with Crippen LogP contribution in [0.25, 0.3) is 0 Å². The lowest BCUT2D eigenvalue weighted by Crippen LogP contribution is -2.03. The summed E-state index contributed by atoms with van der Waals surface area (Å²) >= 11 is 0. The van der Waals surface area contributed by atoms with Gasteiger partial charge >= 0.3 is 0 Å². The quantitative estimate of drug-likeness (QED) is 0.877. The van der Waals surface area contributed by atoms with Crippen molar-refractivity contribution >= 4 is 0 Å². The molecule has 20 heavy (non-hydrogen) atoms. The van der Waals surface area contributed by atoms with Crippen molar-refractivity contribution in [3.05, 3.63) is 53.8 Å². The van der Waals surface area contributed by atoms with E-state index in [0.29, 0.717) is 25.3 Å². The maximum absolute atomic E-state index is 13.9. The van der Waals surface area contributed by atoms with Crippen LogP contribution < -0.4 is 15.2 Å². The summed E-state index contributed by atoms with van der Waals surface area (Å²) < 4.78 is 24.7. The molecule has 0 atom stereocenters. The third-order valence-corrected chi connectivity index (χ3v) is 2.79. The van der Waals surface area contributed by atoms with Gasteiger partial charge in [-0.2, -0.15) is 0 Å². The van der Waals surface area contributed by atoms with E-state index in [2.05, 4.69) is 0 Å². The highest BCUT2D eigenvalue weighted by molar-refractivity contribution is 5.37. The molecule has 0 amide bonds. The molecule has 3 nitrogen and oxygen atoms in total. The summed E-state index contributed by atoms with van der Waals surface area (Å²) in [7, 11) is 0. The normalized spacial score (nSPS) is 10.3. The fourth-order valence-electron chi connectivity index (χ4n) is 1.85. The standard InChI is InChI=1S/C16H18FNO2/c1-2-19-13-4-6-14(7-5-13)20-16-8-3-12(9-10-18)11-15(16)17/h3-8,11H,2,9-10,18H2,1H3. The van der Waals surface area contributed by atoms with Crippen molar-refractivity contribution in [2.75, 3.05) is 13.2 Å². The number of hydrogen-bond donors (Lipinski definition) is 1. The van der Waals surface area contributed by atoms with Gasteiger partial charge in [0.2, 0.25) is 0 Å². The Bertz CT molecular complexity index is 555. The Morgan fingerprint density at radius 1 is 1.05 bits per heavy atom. The molecule has 0 aliphatic carbocycles. The molecule has 0 heterocycles. The van der Waals surface area contributed by atoms with Crippen LogP contribution in [0.2, 0.25) is 0 Å². The molecule has 2 N–H and O–H groups in total. The molecular weight excluding hydrogens is 257 g/mol. The molecule has 4 heteroatoms. The van der Waals surface area contributed by atoms with E-state index >= 15 is 0 Å². The van der Waals surface area contributed by atoms with E-state index < -0.39 is 0 Å². The Kier molecular flexibility index (Phi) is 4.96. The third-order valence-electron chi connectivity index (χ3n) is 2.79. The van der Waals surface area contributed by atoms with Gasteiger partial charge < -0.3 is 15.2 Å². The van der Waals surface area contributed by atoms with Gasteiger partial charge in [-0.3, -0.25) is 0 Å². The van der Waals surface area contributed by atoms with Gasteiger partial charge in [0, 0.05) is 0 Å². The Morgan fingerprint density at radius 3 is 2.35 bits per heavy atom. The van der Waals surface area contributed by atoms with Crippen molar-refractivity contribution in [2.24, 2.45) is 5.73 Å². The summed E-state index contributed by atoms with van der Waals surface area (Å²) in [5.74, 6) is 1.15. The number of ether oxygens (including phenoxy) is 2. The van der Waals surface area contributed by atoms with Crippen molar-refractivity contribution in [1.29, 1.82) is 0 Å². The van der Waals surface area contributed by atoms with Crippen LogP contribution in [0.4, 0.5) is 4.39 Å². The minimum absolute atomic E-state index is 0.204. The molecule has 2 rings (SSSR count). The van der Waals surface area contributed by atoms with Crippen molar-refractivity contribution < 1.29 is 13.9 Å². The largest absolute Gasteiger partial charge is 0.494 e. The first-order valence-electron chi connectivity index (χ1n) is 6.62. The lowest BCUT2D eigenvalue weighted by molar-refractivity contribution is 0.339. The van der Waals surface area contributed by atoms with Crippen LogP contribution in [0.1, 0.15) is 12.5 Å². The van der Waals surface area contributed by atoms with E-state index in [-0.39, 0.29) is 11.6 Å². The summed E-state index contributed by atoms with van der Waals surface area (Å²) in [5.41, 5.74) is 6.31. The van der Waals surface area contributed by atoms with Gasteiger partial charge in [-0.15, -0.1) is 0 Å². The van der Waals surface area contributed by atoms with Crippen LogP contribution in [0.15, 0.2) is 42.5 Å². The first kappa shape index (κ1) is 14.3. The monoisotopic (exact) mass is 275 g/mol. The van der Waals surface area contributed by atoms with Crippen LogP contribution in [0.5, 0.6) is 17.2 Å². The molecule has 0 bridgehead atoms. The van der Waals surface area contributed by atoms with Crippen molar-refractivity contribution in [2.45, 2.75) is 13.3 Å². The maximum Gasteiger partial charge on any atom is 0.165 e. The summed E-state index contributed by atoms with van der Waals surface area (Å²) in [4.78, 5) is 0. The van der Waals surface area contributed by atoms with E-state index in [1.54, 1.807) is 30.3 Å². The third kappa shape index (κ3) is 3.71. The van der Waals surface area contributed by atoms with Crippen LogP contribution in [-0.2, 0) is 6.42 Å². The van der Waals surface area contributed by atoms with E-state index in [0.717, 1.165) is 11.3 Å². The average Bonchev–Trinajstić information content (AvgIpc) is 2.44. The number of halogens is 1. The van der Waals surface area contributed by atoms with Crippen molar-refractivity contribution in [3.63, 3.8) is 0 Å². The maximum atomic E-state index is 13.9. The van der Waals surface area contributed by atoms with Gasteiger partial charge in [0.25, 0.3) is 0 Å². The number of nitrogens with two attached hydrogens (primary N) is 1. The zero-order valence-corrected chi connectivity index (χ0v) is 11.4. The van der Waals surface area contributed by atoms with Gasteiger partial charge in [-0.05, 0) is 61.9 Å². The molecule has 0 saturated heterocycles. The van der Waals surface area contributed by atoms with Gasteiger partial charge in [-0.25, -0.2) is 4.39 Å². The fraction of sp³-hybridized carbons (Fsp3) is 0.250. The second kappa shape index (κ2) is 6.91. The lowest BCUT2D eigenvalue weighted by Gasteiger charge is -2.09. The minimum Gasteiger partial charge on any atom is -0.494 e. The minimum atomic E-state index is -0.384. The highest BCUT2D eigenvalue weighted by Crippen LogP contribution is 2.26. The Hall–Kier alpha value is -2.07. The van der Waals surface area contributed by atoms with Crippen molar-refractivity contribution in [1.82, 2.24) is 0 Å². The second-order valence-electron chi connectivity index (χ2n) is 4.31. The molecular formula is C16H18FNO2. The summed E-state index contributed by atoms with van der Waals surface area (Å²) in [6.07, 6.45) is 0.653. The molecule has 0 aliphatic rings. The van der Waals surface area contributed by atoms with Gasteiger partial charge in [0.05, 0.1) is 6.61 Å². The molecule has 2 aromatic rings. The Balaban J connectivity index is 2.09. The van der Waals surface area contributed by atoms with E-state index in [1.165, 1.54) is 6.07 Å². The Morgan fingerprint density at radius 2 is 1.75 bits per heavy atom. The van der Waals surface area contributed by atoms with Gasteiger partial charge in [0.1, 0.15) is 11.5 Å². The topological polar surface area (TPSA) is 44.5 Å². The van der Waals surface area contributed by atoms with Crippen LogP contribution in [0, 0.1) is 5.82 Å². The fourth-order valence-corrected chi connectivity index (χ4v) is 1.85. The molecule has 0 aromatic heterocycles. The van der Waals surface area contributed by atoms with Gasteiger partial charge in [-0.1, -0.05) is 6.07 Å². The molecule has 0 unspecified atom stereocenters. The smallest absolute Gasteiger partial charge is 0.165 e. The predicted octanol–water partition coefficient (Wildman–Crippen LogP) is 3.52. The molecule has 0 spiro atoms. The molecule has 0 aliphatic heterocycles. The molecule has 106 valence electrons. The number of hydrogen-bond acceptors (Lipinski definition) is 3. The number of rotatable bonds is 6. The average molecular weight is 275 g/mol. The second-order valence-corrected chi connectivity index (χ2v) is 4.31. The van der Waals surface area contributed by atoms with Crippen LogP contribution >= 0.6 is 0 Å². The Labute approximate surface area is 118 Å². The van der Waals surface area contributed by atoms with E-state index in [9.17, 15) is 4.39 Å². The first-order chi connectivity index (χ1) is 9.72. The molecule has 2 aromatic carbocycles. The lowest BCUT2D eigenvalue weighted by atomic mass is 10.1. The summed E-state index contributed by atoms with van der Waals surface area (Å²) in [6, 6.07) is 12.0. The van der Waals surface area contributed by atoms with Crippen LogP contribution in [0.3, 0.4) is 0 Å². The zero-order valence-electron chi connectivity index (χ0n) is 11.4. The van der Waals surface area contributed by atoms with Crippen molar-refractivity contribution in [3.8, 4) is 17.2 Å². The SMILES string of the molecule is CCOc1ccc(Oc2ccc(CCN)cc2F)cc1. The van der Waals surface area contributed by atoms with Crippen LogP contribution in [-0.4, -0.2) is 13.2 Å². The molecule has 0 saturated carbocycles. The molecule has 0 fully saturated rings. The first-order valence-corrected chi connectivity index (χ1v) is 6.62. The highest BCUT2D eigenvalue weighted by atomic mass is 19.1. The van der Waals surface area contributed by atoms with Gasteiger partial charge in [0.15, 0.2) is 11.6 Å². The zero-order chi connectivity index (χ0) is 14.4. The van der Waals surface area contributed by atoms with E-state index in [1.807, 2.05) is 13.0 Å². The number of benzene rings is 2.